The zero-order chi connectivity index (χ0) is 7.94. The monoisotopic (exact) mass is 151 g/mol. The fourth-order valence-corrected chi connectivity index (χ4v) is 1.13. The minimum Gasteiger partial charge on any atom is -0.449 e. The van der Waals surface area contributed by atoms with Crippen LogP contribution in [-0.2, 0) is 4.79 Å². The molecular formula is C5H7BF3O-. The fourth-order valence-electron chi connectivity index (χ4n) is 1.13. The van der Waals surface area contributed by atoms with Crippen LogP contribution in [0.15, 0.2) is 0 Å². The Bertz CT molecular complexity index is 165. The van der Waals surface area contributed by atoms with Gasteiger partial charge in [-0.1, -0.05) is 12.7 Å². The summed E-state index contributed by atoms with van der Waals surface area (Å²) < 4.78 is 35.5. The third kappa shape index (κ3) is 1.04. The first-order chi connectivity index (χ1) is 4.43. The van der Waals surface area contributed by atoms with Gasteiger partial charge in [0.15, 0.2) is 0 Å². The lowest BCUT2D eigenvalue weighted by Gasteiger charge is -2.39. The number of carbonyl (C=O) groups is 1. The number of rotatable bonds is 1. The van der Waals surface area contributed by atoms with Crippen LogP contribution in [0.25, 0.3) is 0 Å². The van der Waals surface area contributed by atoms with Crippen LogP contribution in [0.2, 0.25) is 5.82 Å². The smallest absolute Gasteiger partial charge is 0.449 e. The highest BCUT2D eigenvalue weighted by atomic mass is 19.4. The van der Waals surface area contributed by atoms with Crippen molar-refractivity contribution in [2.75, 3.05) is 0 Å². The summed E-state index contributed by atoms with van der Waals surface area (Å²) in [5.74, 6) is -2.35. The largest absolute Gasteiger partial charge is 0.482 e. The Morgan fingerprint density at radius 3 is 2.10 bits per heavy atom. The third-order valence-electron chi connectivity index (χ3n) is 2.07. The quantitative estimate of drug-likeness (QED) is 0.522. The van der Waals surface area contributed by atoms with Gasteiger partial charge in [-0.25, -0.2) is 0 Å². The summed E-state index contributed by atoms with van der Waals surface area (Å²) in [6, 6.07) is 0. The minimum atomic E-state index is -4.77. The van der Waals surface area contributed by atoms with E-state index in [0.717, 1.165) is 0 Å². The van der Waals surface area contributed by atoms with E-state index in [0.29, 0.717) is 0 Å². The first-order valence-electron chi connectivity index (χ1n) is 3.15. The van der Waals surface area contributed by atoms with Crippen molar-refractivity contribution in [3.63, 3.8) is 0 Å². The first kappa shape index (κ1) is 7.63. The van der Waals surface area contributed by atoms with Crippen molar-refractivity contribution in [3.05, 3.63) is 0 Å². The van der Waals surface area contributed by atoms with Gasteiger partial charge in [0.05, 0.1) is 0 Å². The topological polar surface area (TPSA) is 17.1 Å². The number of carbonyl (C=O) groups excluding carboxylic acids is 1. The molecule has 0 radical (unpaired) electrons. The van der Waals surface area contributed by atoms with E-state index < -0.39 is 18.7 Å². The number of halogens is 3. The highest BCUT2D eigenvalue weighted by molar-refractivity contribution is 6.61. The van der Waals surface area contributed by atoms with Crippen molar-refractivity contribution in [1.82, 2.24) is 0 Å². The molecule has 1 rings (SSSR count). The second-order valence-corrected chi connectivity index (χ2v) is 2.75. The van der Waals surface area contributed by atoms with E-state index in [2.05, 4.69) is 0 Å². The molecule has 0 heterocycles. The molecule has 2 atom stereocenters. The molecule has 0 aromatic heterocycles. The van der Waals surface area contributed by atoms with Crippen molar-refractivity contribution in [2.45, 2.75) is 19.2 Å². The standard InChI is InChI=1S/C5H7BF3O/c1-3-4(2-5(3)10)6(7,8)9/h3-4H,2H2,1H3/q-1. The molecule has 1 saturated carbocycles. The third-order valence-corrected chi connectivity index (χ3v) is 2.07. The maximum absolute atomic E-state index is 11.8. The van der Waals surface area contributed by atoms with Gasteiger partial charge in [-0.15, -0.1) is 0 Å². The molecule has 58 valence electrons. The fraction of sp³-hybridized carbons (Fsp3) is 0.800. The van der Waals surface area contributed by atoms with Gasteiger partial charge in [-0.3, -0.25) is 4.79 Å². The molecule has 2 unspecified atom stereocenters. The summed E-state index contributed by atoms with van der Waals surface area (Å²) in [7, 11) is 0. The van der Waals surface area contributed by atoms with Crippen LogP contribution >= 0.6 is 0 Å². The normalized spacial score (nSPS) is 33.8. The minimum absolute atomic E-state index is 0.260. The van der Waals surface area contributed by atoms with E-state index in [9.17, 15) is 17.7 Å². The molecule has 10 heavy (non-hydrogen) atoms. The van der Waals surface area contributed by atoms with Crippen molar-refractivity contribution in [1.29, 1.82) is 0 Å². The van der Waals surface area contributed by atoms with Crippen molar-refractivity contribution in [2.24, 2.45) is 5.92 Å². The number of hydrogen-bond donors (Lipinski definition) is 0. The lowest BCUT2D eigenvalue weighted by atomic mass is 9.54. The second kappa shape index (κ2) is 2.00. The van der Waals surface area contributed by atoms with Gasteiger partial charge in [-0.2, -0.15) is 0 Å². The number of ketones is 1. The molecule has 0 aliphatic heterocycles. The Hall–Kier alpha value is -0.475. The summed E-state index contributed by atoms with van der Waals surface area (Å²) >= 11 is 0. The summed E-state index contributed by atoms with van der Waals surface area (Å²) in [6.07, 6.45) is -0.287. The van der Waals surface area contributed by atoms with E-state index in [-0.39, 0.29) is 12.2 Å². The molecule has 0 aromatic rings. The molecule has 0 amide bonds. The predicted molar refractivity (Wildman–Crippen MR) is 31.6 cm³/mol. The van der Waals surface area contributed by atoms with Crippen molar-refractivity contribution >= 4 is 12.8 Å². The number of hydrogen-bond acceptors (Lipinski definition) is 1. The van der Waals surface area contributed by atoms with Crippen LogP contribution in [0.3, 0.4) is 0 Å². The summed E-state index contributed by atoms with van der Waals surface area (Å²) in [5.41, 5.74) is 0. The molecule has 1 aliphatic carbocycles. The Balaban J connectivity index is 2.56. The zero-order valence-electron chi connectivity index (χ0n) is 5.48. The summed E-state index contributed by atoms with van der Waals surface area (Å²) in [4.78, 5) is 10.4. The molecule has 1 nitrogen and oxygen atoms in total. The molecule has 0 N–H and O–H groups in total. The van der Waals surface area contributed by atoms with E-state index in [1.165, 1.54) is 6.92 Å². The van der Waals surface area contributed by atoms with E-state index >= 15 is 0 Å². The maximum Gasteiger partial charge on any atom is 0.482 e. The molecule has 0 bridgehead atoms. The SMILES string of the molecule is CC1C(=O)CC1[B-](F)(F)F. The van der Waals surface area contributed by atoms with Gasteiger partial charge in [0, 0.05) is 0 Å². The van der Waals surface area contributed by atoms with Crippen LogP contribution in [0.1, 0.15) is 13.3 Å². The summed E-state index contributed by atoms with van der Waals surface area (Å²) in [6.45, 7) is -3.43. The van der Waals surface area contributed by atoms with Gasteiger partial charge in [0.1, 0.15) is 5.78 Å². The lowest BCUT2D eigenvalue weighted by Crippen LogP contribution is -2.42. The highest BCUT2D eigenvalue weighted by Crippen LogP contribution is 2.45. The van der Waals surface area contributed by atoms with Gasteiger partial charge in [0.2, 0.25) is 0 Å². The molecule has 1 fully saturated rings. The van der Waals surface area contributed by atoms with Gasteiger partial charge < -0.3 is 12.9 Å². The Morgan fingerprint density at radius 2 is 2.00 bits per heavy atom. The highest BCUT2D eigenvalue weighted by Gasteiger charge is 2.48. The summed E-state index contributed by atoms with van der Waals surface area (Å²) in [5, 5.41) is 0. The maximum atomic E-state index is 11.8. The van der Waals surface area contributed by atoms with E-state index in [1.807, 2.05) is 0 Å². The molecule has 0 aromatic carbocycles. The Kier molecular flexibility index (Phi) is 1.53. The van der Waals surface area contributed by atoms with Crippen LogP contribution < -0.4 is 0 Å². The average Bonchev–Trinajstić information content (AvgIpc) is 1.79. The zero-order valence-corrected chi connectivity index (χ0v) is 5.48. The molecule has 0 spiro atoms. The van der Waals surface area contributed by atoms with E-state index in [1.54, 1.807) is 0 Å². The molecule has 5 heteroatoms. The molecule has 0 saturated heterocycles. The van der Waals surface area contributed by atoms with Crippen LogP contribution in [0.4, 0.5) is 12.9 Å². The Morgan fingerprint density at radius 1 is 1.50 bits per heavy atom. The van der Waals surface area contributed by atoms with Gasteiger partial charge in [0.25, 0.3) is 0 Å². The lowest BCUT2D eigenvalue weighted by molar-refractivity contribution is -0.129. The Labute approximate surface area is 56.7 Å². The second-order valence-electron chi connectivity index (χ2n) is 2.75. The van der Waals surface area contributed by atoms with Crippen LogP contribution in [0.5, 0.6) is 0 Å². The number of Topliss-reactive ketones (excluding diaryl/α,β-unsaturated/α-hetero) is 1. The van der Waals surface area contributed by atoms with Crippen molar-refractivity contribution in [3.8, 4) is 0 Å². The van der Waals surface area contributed by atoms with E-state index in [4.69, 9.17) is 0 Å². The average molecular weight is 151 g/mol. The molecule has 1 aliphatic rings. The van der Waals surface area contributed by atoms with Crippen LogP contribution in [-0.4, -0.2) is 12.8 Å². The van der Waals surface area contributed by atoms with Crippen LogP contribution in [0, 0.1) is 5.92 Å². The van der Waals surface area contributed by atoms with Gasteiger partial charge >= 0.3 is 6.98 Å². The van der Waals surface area contributed by atoms with Gasteiger partial charge in [-0.05, 0) is 12.3 Å². The first-order valence-corrected chi connectivity index (χ1v) is 3.15. The molecular weight excluding hydrogens is 144 g/mol. The predicted octanol–water partition coefficient (Wildman–Crippen LogP) is 1.81. The van der Waals surface area contributed by atoms with Crippen molar-refractivity contribution < 1.29 is 17.7 Å².